The van der Waals surface area contributed by atoms with Crippen LogP contribution in [-0.2, 0) is 6.42 Å². The molecule has 0 fully saturated rings. The first-order chi connectivity index (χ1) is 8.29. The van der Waals surface area contributed by atoms with Gasteiger partial charge in [-0.2, -0.15) is 0 Å². The lowest BCUT2D eigenvalue weighted by Gasteiger charge is -2.15. The molecular weight excluding hydrogens is 208 g/mol. The molecule has 1 heterocycles. The molecule has 2 aromatic rings. The summed E-state index contributed by atoms with van der Waals surface area (Å²) in [5.41, 5.74) is 3.73. The van der Waals surface area contributed by atoms with Gasteiger partial charge >= 0.3 is 0 Å². The normalized spacial score (nSPS) is 12.1. The van der Waals surface area contributed by atoms with Crippen LogP contribution < -0.4 is 5.32 Å². The molecule has 0 saturated carbocycles. The summed E-state index contributed by atoms with van der Waals surface area (Å²) >= 11 is 0. The van der Waals surface area contributed by atoms with E-state index >= 15 is 0 Å². The Balaban J connectivity index is 2.06. The molecule has 0 saturated heterocycles. The van der Waals surface area contributed by atoms with Crippen LogP contribution in [-0.4, -0.2) is 4.98 Å². The lowest BCUT2D eigenvalue weighted by atomic mass is 10.0. The number of hydrogen-bond acceptors (Lipinski definition) is 2. The predicted molar refractivity (Wildman–Crippen MR) is 72.1 cm³/mol. The third-order valence-electron chi connectivity index (χ3n) is 2.93. The number of benzene rings is 1. The minimum Gasteiger partial charge on any atom is -0.377 e. The maximum atomic E-state index is 4.10. The Morgan fingerprint density at radius 3 is 2.53 bits per heavy atom. The topological polar surface area (TPSA) is 24.9 Å². The molecule has 1 N–H and O–H groups in total. The first-order valence-electron chi connectivity index (χ1n) is 6.05. The molecule has 17 heavy (non-hydrogen) atoms. The second kappa shape index (κ2) is 5.48. The van der Waals surface area contributed by atoms with Gasteiger partial charge in [0.25, 0.3) is 0 Å². The van der Waals surface area contributed by atoms with E-state index < -0.39 is 0 Å². The van der Waals surface area contributed by atoms with Crippen LogP contribution in [0.1, 0.15) is 31.0 Å². The zero-order chi connectivity index (χ0) is 12.1. The van der Waals surface area contributed by atoms with E-state index in [0.717, 1.165) is 12.1 Å². The SMILES string of the molecule is CCc1ccc(C(C)Nc2cccnc2)cc1. The Bertz CT molecular complexity index is 448. The van der Waals surface area contributed by atoms with Crippen LogP contribution in [0.15, 0.2) is 48.8 Å². The number of nitrogens with one attached hydrogen (secondary N) is 1. The number of hydrogen-bond donors (Lipinski definition) is 1. The molecule has 1 unspecified atom stereocenters. The lowest BCUT2D eigenvalue weighted by Crippen LogP contribution is -2.06. The molecule has 2 rings (SSSR count). The molecule has 0 spiro atoms. The van der Waals surface area contributed by atoms with E-state index in [-0.39, 0.29) is 0 Å². The molecule has 88 valence electrons. The quantitative estimate of drug-likeness (QED) is 0.857. The predicted octanol–water partition coefficient (Wildman–Crippen LogP) is 3.82. The van der Waals surface area contributed by atoms with Crippen molar-refractivity contribution in [3.05, 3.63) is 59.9 Å². The van der Waals surface area contributed by atoms with Crippen LogP contribution in [0.3, 0.4) is 0 Å². The number of pyridine rings is 1. The molecule has 0 aliphatic heterocycles. The van der Waals surface area contributed by atoms with Crippen LogP contribution in [0.4, 0.5) is 5.69 Å². The Hall–Kier alpha value is -1.83. The summed E-state index contributed by atoms with van der Waals surface area (Å²) in [5.74, 6) is 0. The Labute approximate surface area is 103 Å². The lowest BCUT2D eigenvalue weighted by molar-refractivity contribution is 0.881. The molecule has 2 heteroatoms. The molecule has 0 amide bonds. The molecular formula is C15H18N2. The van der Waals surface area contributed by atoms with Gasteiger partial charge in [-0.05, 0) is 36.6 Å². The standard InChI is InChI=1S/C15H18N2/c1-3-13-6-8-14(9-7-13)12(2)17-15-5-4-10-16-11-15/h4-12,17H,3H2,1-2H3. The molecule has 1 aromatic carbocycles. The van der Waals surface area contributed by atoms with E-state index in [1.807, 2.05) is 18.3 Å². The highest BCUT2D eigenvalue weighted by Gasteiger charge is 2.04. The fraction of sp³-hybridized carbons (Fsp3) is 0.267. The molecule has 1 aromatic heterocycles. The van der Waals surface area contributed by atoms with Gasteiger partial charge in [-0.3, -0.25) is 4.98 Å². The summed E-state index contributed by atoms with van der Waals surface area (Å²) in [4.78, 5) is 4.10. The molecule has 0 aliphatic carbocycles. The van der Waals surface area contributed by atoms with Crippen molar-refractivity contribution >= 4 is 5.69 Å². The summed E-state index contributed by atoms with van der Waals surface area (Å²) < 4.78 is 0. The van der Waals surface area contributed by atoms with Crippen molar-refractivity contribution < 1.29 is 0 Å². The van der Waals surface area contributed by atoms with Gasteiger partial charge in [0.2, 0.25) is 0 Å². The van der Waals surface area contributed by atoms with E-state index in [4.69, 9.17) is 0 Å². The monoisotopic (exact) mass is 226 g/mol. The average molecular weight is 226 g/mol. The highest BCUT2D eigenvalue weighted by molar-refractivity contribution is 5.42. The summed E-state index contributed by atoms with van der Waals surface area (Å²) in [6.45, 7) is 4.33. The minimum atomic E-state index is 0.296. The minimum absolute atomic E-state index is 0.296. The third-order valence-corrected chi connectivity index (χ3v) is 2.93. The van der Waals surface area contributed by atoms with Crippen LogP contribution in [0, 0.1) is 0 Å². The second-order valence-electron chi connectivity index (χ2n) is 4.20. The van der Waals surface area contributed by atoms with Gasteiger partial charge < -0.3 is 5.32 Å². The number of anilines is 1. The molecule has 1 atom stereocenters. The van der Waals surface area contributed by atoms with Crippen molar-refractivity contribution in [3.8, 4) is 0 Å². The largest absolute Gasteiger partial charge is 0.377 e. The van der Waals surface area contributed by atoms with E-state index in [1.165, 1.54) is 11.1 Å². The zero-order valence-electron chi connectivity index (χ0n) is 10.4. The summed E-state index contributed by atoms with van der Waals surface area (Å²) in [6, 6.07) is 13.0. The van der Waals surface area contributed by atoms with Crippen molar-refractivity contribution in [2.75, 3.05) is 5.32 Å². The molecule has 0 radical (unpaired) electrons. The maximum absolute atomic E-state index is 4.10. The van der Waals surface area contributed by atoms with Crippen molar-refractivity contribution in [1.29, 1.82) is 0 Å². The van der Waals surface area contributed by atoms with E-state index in [2.05, 4.69) is 48.4 Å². The summed E-state index contributed by atoms with van der Waals surface area (Å²) in [5, 5.41) is 3.43. The third kappa shape index (κ3) is 3.06. The van der Waals surface area contributed by atoms with Crippen molar-refractivity contribution in [2.24, 2.45) is 0 Å². The second-order valence-corrected chi connectivity index (χ2v) is 4.20. The Morgan fingerprint density at radius 1 is 1.18 bits per heavy atom. The smallest absolute Gasteiger partial charge is 0.0531 e. The number of aromatic nitrogens is 1. The van der Waals surface area contributed by atoms with Crippen LogP contribution in [0.2, 0.25) is 0 Å². The first-order valence-corrected chi connectivity index (χ1v) is 6.05. The van der Waals surface area contributed by atoms with Crippen LogP contribution >= 0.6 is 0 Å². The van der Waals surface area contributed by atoms with Gasteiger partial charge in [0.15, 0.2) is 0 Å². The number of rotatable bonds is 4. The number of nitrogens with zero attached hydrogens (tertiary/aromatic N) is 1. The van der Waals surface area contributed by atoms with Crippen molar-refractivity contribution in [2.45, 2.75) is 26.3 Å². The fourth-order valence-electron chi connectivity index (χ4n) is 1.82. The summed E-state index contributed by atoms with van der Waals surface area (Å²) in [6.07, 6.45) is 4.72. The maximum Gasteiger partial charge on any atom is 0.0531 e. The Morgan fingerprint density at radius 2 is 1.94 bits per heavy atom. The van der Waals surface area contributed by atoms with Gasteiger partial charge in [0.1, 0.15) is 0 Å². The van der Waals surface area contributed by atoms with Gasteiger partial charge in [0, 0.05) is 18.4 Å². The van der Waals surface area contributed by atoms with Crippen LogP contribution in [0.25, 0.3) is 0 Å². The van der Waals surface area contributed by atoms with E-state index in [1.54, 1.807) is 6.20 Å². The summed E-state index contributed by atoms with van der Waals surface area (Å²) in [7, 11) is 0. The van der Waals surface area contributed by atoms with Gasteiger partial charge in [-0.15, -0.1) is 0 Å². The van der Waals surface area contributed by atoms with Gasteiger partial charge in [-0.25, -0.2) is 0 Å². The van der Waals surface area contributed by atoms with E-state index in [0.29, 0.717) is 6.04 Å². The van der Waals surface area contributed by atoms with E-state index in [9.17, 15) is 0 Å². The first kappa shape index (κ1) is 11.6. The highest BCUT2D eigenvalue weighted by atomic mass is 14.9. The van der Waals surface area contributed by atoms with Crippen molar-refractivity contribution in [1.82, 2.24) is 4.98 Å². The van der Waals surface area contributed by atoms with Gasteiger partial charge in [-0.1, -0.05) is 31.2 Å². The number of aryl methyl sites for hydroxylation is 1. The fourth-order valence-corrected chi connectivity index (χ4v) is 1.82. The molecule has 2 nitrogen and oxygen atoms in total. The zero-order valence-corrected chi connectivity index (χ0v) is 10.4. The Kier molecular flexibility index (Phi) is 3.76. The average Bonchev–Trinajstić information content (AvgIpc) is 2.40. The van der Waals surface area contributed by atoms with Gasteiger partial charge in [0.05, 0.1) is 5.69 Å². The highest BCUT2D eigenvalue weighted by Crippen LogP contribution is 2.18. The molecule has 0 aliphatic rings. The molecule has 0 bridgehead atoms. The van der Waals surface area contributed by atoms with Crippen LogP contribution in [0.5, 0.6) is 0 Å². The van der Waals surface area contributed by atoms with Crippen molar-refractivity contribution in [3.63, 3.8) is 0 Å².